The lowest BCUT2D eigenvalue weighted by molar-refractivity contribution is 0.0503. The van der Waals surface area contributed by atoms with Crippen molar-refractivity contribution < 1.29 is 27.0 Å². The summed E-state index contributed by atoms with van der Waals surface area (Å²) in [5.41, 5.74) is 2.49. The van der Waals surface area contributed by atoms with E-state index in [2.05, 4.69) is 4.98 Å². The van der Waals surface area contributed by atoms with Gasteiger partial charge in [-0.2, -0.15) is 8.78 Å². The maximum Gasteiger partial charge on any atom is 0.355 e. The number of aromatic nitrogens is 1. The monoisotopic (exact) mass is 446 g/mol. The third kappa shape index (κ3) is 4.52. The van der Waals surface area contributed by atoms with Crippen molar-refractivity contribution in [3.8, 4) is 16.9 Å². The van der Waals surface area contributed by atoms with Gasteiger partial charge in [0.15, 0.2) is 0 Å². The first-order valence-corrected chi connectivity index (χ1v) is 11.1. The van der Waals surface area contributed by atoms with Crippen LogP contribution in [0.15, 0.2) is 66.9 Å². The van der Waals surface area contributed by atoms with Crippen LogP contribution < -0.4 is 9.46 Å². The number of para-hydroxylation sites is 1. The Morgan fingerprint density at radius 2 is 1.90 bits per heavy atom. The van der Waals surface area contributed by atoms with E-state index in [-0.39, 0.29) is 18.2 Å². The number of fused-ring (bicyclic) bond motifs is 1. The molecule has 0 saturated heterocycles. The number of alkyl halides is 2. The first kappa shape index (κ1) is 21.2. The number of benzene rings is 2. The number of anilines is 1. The average Bonchev–Trinajstić information content (AvgIpc) is 2.76. The van der Waals surface area contributed by atoms with Gasteiger partial charge in [-0.15, -0.1) is 0 Å². The number of rotatable bonds is 6. The van der Waals surface area contributed by atoms with E-state index in [0.717, 1.165) is 5.69 Å². The highest BCUT2D eigenvalue weighted by molar-refractivity contribution is 7.93. The lowest BCUT2D eigenvalue weighted by Gasteiger charge is -2.30. The Morgan fingerprint density at radius 3 is 2.65 bits per heavy atom. The van der Waals surface area contributed by atoms with E-state index < -0.39 is 21.9 Å². The third-order valence-electron chi connectivity index (χ3n) is 5.15. The quantitative estimate of drug-likeness (QED) is 0.598. The average molecular weight is 446 g/mol. The molecule has 0 amide bonds. The fourth-order valence-electron chi connectivity index (χ4n) is 3.59. The van der Waals surface area contributed by atoms with Gasteiger partial charge >= 0.3 is 5.76 Å². The predicted octanol–water partition coefficient (Wildman–Crippen LogP) is 4.00. The molecular weight excluding hydrogens is 426 g/mol. The number of nitrogens with zero attached hydrogens (tertiary/aromatic N) is 1. The van der Waals surface area contributed by atoms with E-state index in [9.17, 15) is 22.3 Å². The van der Waals surface area contributed by atoms with E-state index in [1.807, 2.05) is 22.9 Å². The number of nitrogens with one attached hydrogen (secondary N) is 1. The molecule has 0 unspecified atom stereocenters. The van der Waals surface area contributed by atoms with Crippen LogP contribution in [0.4, 0.5) is 14.5 Å². The number of aliphatic hydroxyl groups excluding tert-OH is 1. The van der Waals surface area contributed by atoms with Crippen molar-refractivity contribution in [1.29, 1.82) is 0 Å². The molecule has 1 aliphatic heterocycles. The molecule has 0 aliphatic carbocycles. The van der Waals surface area contributed by atoms with Gasteiger partial charge in [-0.05, 0) is 36.2 Å². The first-order valence-electron chi connectivity index (χ1n) is 9.59. The number of ether oxygens (including phenoxy) is 1. The molecule has 0 radical (unpaired) electrons. The van der Waals surface area contributed by atoms with Crippen LogP contribution >= 0.6 is 0 Å². The molecule has 9 heteroatoms. The van der Waals surface area contributed by atoms with Crippen LogP contribution in [0.3, 0.4) is 0 Å². The van der Waals surface area contributed by atoms with Gasteiger partial charge in [0.25, 0.3) is 10.0 Å². The maximum atomic E-state index is 12.8. The molecule has 0 fully saturated rings. The second-order valence-corrected chi connectivity index (χ2v) is 8.90. The van der Waals surface area contributed by atoms with Crippen molar-refractivity contribution in [2.24, 2.45) is 5.92 Å². The van der Waals surface area contributed by atoms with E-state index in [1.54, 1.807) is 42.6 Å². The maximum absolute atomic E-state index is 12.8. The van der Waals surface area contributed by atoms with Gasteiger partial charge in [-0.3, -0.25) is 9.71 Å². The first-order chi connectivity index (χ1) is 14.8. The summed E-state index contributed by atoms with van der Waals surface area (Å²) in [6, 6.07) is 16.9. The van der Waals surface area contributed by atoms with Gasteiger partial charge in [0, 0.05) is 28.9 Å². The van der Waals surface area contributed by atoms with Crippen molar-refractivity contribution in [3.63, 3.8) is 0 Å². The van der Waals surface area contributed by atoms with Gasteiger partial charge in [-0.1, -0.05) is 36.4 Å². The van der Waals surface area contributed by atoms with Crippen molar-refractivity contribution in [2.45, 2.75) is 18.3 Å². The Balaban J connectivity index is 1.61. The number of hydrogen-bond donors (Lipinski definition) is 2. The molecule has 6 nitrogen and oxygen atoms in total. The smallest absolute Gasteiger partial charge is 0.355 e. The summed E-state index contributed by atoms with van der Waals surface area (Å²) in [7, 11) is -4.81. The summed E-state index contributed by atoms with van der Waals surface area (Å²) in [6.07, 6.45) is 1.50. The summed E-state index contributed by atoms with van der Waals surface area (Å²) in [6.45, 7) is 0.286. The van der Waals surface area contributed by atoms with E-state index >= 15 is 0 Å². The highest BCUT2D eigenvalue weighted by Crippen LogP contribution is 2.40. The summed E-state index contributed by atoms with van der Waals surface area (Å²) < 4.78 is 56.6. The summed E-state index contributed by atoms with van der Waals surface area (Å²) >= 11 is 0. The fraction of sp³-hybridized carbons (Fsp3) is 0.227. The molecule has 0 saturated carbocycles. The number of sulfonamides is 1. The zero-order valence-corrected chi connectivity index (χ0v) is 17.1. The molecule has 3 aromatic rings. The minimum Gasteiger partial charge on any atom is -0.493 e. The second kappa shape index (κ2) is 8.60. The van der Waals surface area contributed by atoms with Gasteiger partial charge in [-0.25, -0.2) is 8.42 Å². The molecule has 0 spiro atoms. The molecule has 2 aromatic carbocycles. The van der Waals surface area contributed by atoms with Crippen LogP contribution in [0.5, 0.6) is 5.75 Å². The Labute approximate surface area is 178 Å². The highest BCUT2D eigenvalue weighted by Gasteiger charge is 2.30. The summed E-state index contributed by atoms with van der Waals surface area (Å²) in [5, 5.41) is 10.8. The molecule has 2 N–H and O–H groups in total. The van der Waals surface area contributed by atoms with Crippen LogP contribution in [0.1, 0.15) is 17.4 Å². The van der Waals surface area contributed by atoms with Crippen molar-refractivity contribution in [1.82, 2.24) is 4.98 Å². The molecule has 1 aromatic heterocycles. The molecular formula is C22H20F2N2O4S. The zero-order valence-electron chi connectivity index (χ0n) is 16.3. The lowest BCUT2D eigenvalue weighted by Crippen LogP contribution is -2.28. The van der Waals surface area contributed by atoms with Gasteiger partial charge in [0.2, 0.25) is 0 Å². The summed E-state index contributed by atoms with van der Waals surface area (Å²) in [4.78, 5) is 4.29. The number of pyridine rings is 1. The van der Waals surface area contributed by atoms with Crippen LogP contribution in [0, 0.1) is 5.92 Å². The lowest BCUT2D eigenvalue weighted by atomic mass is 9.88. The van der Waals surface area contributed by atoms with Crippen molar-refractivity contribution in [2.75, 3.05) is 11.3 Å². The zero-order chi connectivity index (χ0) is 22.0. The molecule has 0 bridgehead atoms. The Morgan fingerprint density at radius 1 is 1.13 bits per heavy atom. The van der Waals surface area contributed by atoms with E-state index in [4.69, 9.17) is 4.74 Å². The number of halogens is 2. The van der Waals surface area contributed by atoms with Crippen LogP contribution in [0.2, 0.25) is 0 Å². The van der Waals surface area contributed by atoms with Gasteiger partial charge in [0.05, 0.1) is 18.4 Å². The number of hydrogen-bond acceptors (Lipinski definition) is 5. The normalized spacial score (nSPS) is 18.3. The minimum atomic E-state index is -4.81. The second-order valence-electron chi connectivity index (χ2n) is 7.25. The van der Waals surface area contributed by atoms with Crippen molar-refractivity contribution >= 4 is 15.7 Å². The molecule has 162 valence electrons. The molecule has 2 heterocycles. The minimum absolute atomic E-state index is 0.0344. The van der Waals surface area contributed by atoms with Gasteiger partial charge < -0.3 is 9.84 Å². The number of aliphatic hydroxyl groups is 1. The van der Waals surface area contributed by atoms with Crippen LogP contribution in [-0.2, 0) is 16.4 Å². The molecule has 2 atom stereocenters. The third-order valence-corrected chi connectivity index (χ3v) is 6.13. The molecule has 1 aliphatic rings. The Bertz CT molecular complexity index is 1170. The van der Waals surface area contributed by atoms with Crippen LogP contribution in [-0.4, -0.2) is 30.9 Å². The molecule has 4 rings (SSSR count). The topological polar surface area (TPSA) is 88.5 Å². The fourth-order valence-corrected chi connectivity index (χ4v) is 4.17. The SMILES string of the molecule is O=S(=O)(Nc1ccccc1-c1ccc2c(c1)OC[C@@H](Cc1ccccn1)[C@@H]2O)C(F)F. The van der Waals surface area contributed by atoms with Crippen LogP contribution in [0.25, 0.3) is 11.1 Å². The Kier molecular flexibility index (Phi) is 5.88. The van der Waals surface area contributed by atoms with Crippen molar-refractivity contribution in [3.05, 3.63) is 78.1 Å². The summed E-state index contributed by atoms with van der Waals surface area (Å²) in [5.74, 6) is -3.24. The largest absolute Gasteiger partial charge is 0.493 e. The molecule has 31 heavy (non-hydrogen) atoms. The van der Waals surface area contributed by atoms with Gasteiger partial charge in [0.1, 0.15) is 5.75 Å². The van der Waals surface area contributed by atoms with E-state index in [1.165, 1.54) is 6.07 Å². The predicted molar refractivity (Wildman–Crippen MR) is 112 cm³/mol. The van der Waals surface area contributed by atoms with E-state index in [0.29, 0.717) is 28.9 Å². The highest BCUT2D eigenvalue weighted by atomic mass is 32.2. The standard InChI is InChI=1S/C22H20F2N2O4S/c23-22(24)31(28,29)26-19-7-2-1-6-17(19)14-8-9-18-20(12-14)30-13-15(21(18)27)11-16-5-3-4-10-25-16/h1-10,12,15,21-22,26-27H,11,13H2/t15-,21+/m1/s1. The Hall–Kier alpha value is -3.04.